The van der Waals surface area contributed by atoms with Gasteiger partial charge in [-0.15, -0.1) is 0 Å². The zero-order chi connectivity index (χ0) is 18.9. The van der Waals surface area contributed by atoms with Crippen molar-refractivity contribution in [3.05, 3.63) is 66.4 Å². The fraction of sp³-hybridized carbons (Fsp3) is 0.286. The number of nitrogens with zero attached hydrogens (tertiary/aromatic N) is 2. The second-order valence-electron chi connectivity index (χ2n) is 6.87. The van der Waals surface area contributed by atoms with Crippen LogP contribution in [-0.2, 0) is 10.0 Å². The highest BCUT2D eigenvalue weighted by molar-refractivity contribution is 7.89. The van der Waals surface area contributed by atoms with E-state index in [1.807, 2.05) is 43.3 Å². The van der Waals surface area contributed by atoms with Crippen LogP contribution in [0.15, 0.2) is 65.7 Å². The van der Waals surface area contributed by atoms with E-state index in [2.05, 4.69) is 4.98 Å². The molecular weight excluding hydrogens is 360 g/mol. The summed E-state index contributed by atoms with van der Waals surface area (Å²) in [6, 6.07) is 16.9. The molecule has 0 unspecified atom stereocenters. The van der Waals surface area contributed by atoms with Gasteiger partial charge in [0.2, 0.25) is 10.0 Å². The Morgan fingerprint density at radius 3 is 2.56 bits per heavy atom. The lowest BCUT2D eigenvalue weighted by atomic mass is 10.1. The third-order valence-corrected chi connectivity index (χ3v) is 6.81. The Labute approximate surface area is 159 Å². The van der Waals surface area contributed by atoms with E-state index in [1.54, 1.807) is 28.7 Å². The molecule has 6 heteroatoms. The predicted octanol–water partition coefficient (Wildman–Crippen LogP) is 3.78. The van der Waals surface area contributed by atoms with Crippen LogP contribution < -0.4 is 4.74 Å². The number of pyridine rings is 1. The van der Waals surface area contributed by atoms with Gasteiger partial charge in [0.05, 0.1) is 4.90 Å². The number of sulfonamides is 1. The Balaban J connectivity index is 1.46. The molecule has 0 radical (unpaired) electrons. The number of aryl methyl sites for hydroxylation is 1. The Morgan fingerprint density at radius 2 is 1.78 bits per heavy atom. The zero-order valence-electron chi connectivity index (χ0n) is 15.2. The first-order valence-corrected chi connectivity index (χ1v) is 10.6. The fourth-order valence-corrected chi connectivity index (χ4v) is 5.04. The number of benzene rings is 2. The lowest BCUT2D eigenvalue weighted by Crippen LogP contribution is -2.41. The first kappa shape index (κ1) is 17.9. The third-order valence-electron chi connectivity index (χ3n) is 4.92. The maximum absolute atomic E-state index is 12.9. The van der Waals surface area contributed by atoms with E-state index in [0.717, 1.165) is 22.2 Å². The molecule has 1 aliphatic rings. The molecule has 140 valence electrons. The van der Waals surface area contributed by atoms with Crippen molar-refractivity contribution >= 4 is 20.9 Å². The minimum Gasteiger partial charge on any atom is -0.488 e. The average molecular weight is 382 g/mol. The summed E-state index contributed by atoms with van der Waals surface area (Å²) in [6.45, 7) is 2.82. The number of piperidine rings is 1. The van der Waals surface area contributed by atoms with Crippen LogP contribution in [-0.4, -0.2) is 36.9 Å². The van der Waals surface area contributed by atoms with Crippen LogP contribution in [0.3, 0.4) is 0 Å². The zero-order valence-corrected chi connectivity index (χ0v) is 16.0. The molecule has 3 aromatic rings. The molecular formula is C21H22N2O3S. The van der Waals surface area contributed by atoms with Crippen LogP contribution in [0.25, 0.3) is 10.9 Å². The Bertz CT molecular complexity index is 1050. The lowest BCUT2D eigenvalue weighted by Gasteiger charge is -2.31. The summed E-state index contributed by atoms with van der Waals surface area (Å²) < 4.78 is 33.4. The molecule has 2 heterocycles. The molecule has 0 aliphatic carbocycles. The van der Waals surface area contributed by atoms with Gasteiger partial charge in [-0.25, -0.2) is 8.42 Å². The Kier molecular flexibility index (Phi) is 4.85. The van der Waals surface area contributed by atoms with Crippen LogP contribution in [0.5, 0.6) is 5.75 Å². The summed E-state index contributed by atoms with van der Waals surface area (Å²) >= 11 is 0. The number of ether oxygens (including phenoxy) is 1. The summed E-state index contributed by atoms with van der Waals surface area (Å²) in [5, 5.41) is 1.04. The number of rotatable bonds is 4. The third kappa shape index (κ3) is 3.68. The second kappa shape index (κ2) is 7.29. The van der Waals surface area contributed by atoms with E-state index in [4.69, 9.17) is 4.74 Å². The highest BCUT2D eigenvalue weighted by Crippen LogP contribution is 2.28. The summed E-state index contributed by atoms with van der Waals surface area (Å²) in [6.07, 6.45) is 3.07. The molecule has 1 aliphatic heterocycles. The van der Waals surface area contributed by atoms with Crippen molar-refractivity contribution < 1.29 is 13.2 Å². The van der Waals surface area contributed by atoms with Gasteiger partial charge < -0.3 is 4.74 Å². The molecule has 2 aromatic carbocycles. The fourth-order valence-electron chi connectivity index (χ4n) is 3.47. The highest BCUT2D eigenvalue weighted by atomic mass is 32.2. The Morgan fingerprint density at radius 1 is 1.04 bits per heavy atom. The van der Waals surface area contributed by atoms with Crippen molar-refractivity contribution in [2.24, 2.45) is 0 Å². The molecule has 1 aromatic heterocycles. The topological polar surface area (TPSA) is 59.5 Å². The van der Waals surface area contributed by atoms with Crippen molar-refractivity contribution in [2.75, 3.05) is 13.1 Å². The van der Waals surface area contributed by atoms with Gasteiger partial charge in [0, 0.05) is 24.7 Å². The first-order chi connectivity index (χ1) is 13.0. The number of fused-ring (bicyclic) bond motifs is 1. The highest BCUT2D eigenvalue weighted by Gasteiger charge is 2.30. The number of hydrogen-bond acceptors (Lipinski definition) is 4. The lowest BCUT2D eigenvalue weighted by molar-refractivity contribution is 0.136. The van der Waals surface area contributed by atoms with Crippen molar-refractivity contribution in [1.82, 2.24) is 9.29 Å². The number of para-hydroxylation sites is 1. The summed E-state index contributed by atoms with van der Waals surface area (Å²) in [7, 11) is -3.45. The summed E-state index contributed by atoms with van der Waals surface area (Å²) in [5.41, 5.74) is 1.78. The van der Waals surface area contributed by atoms with Crippen LogP contribution in [0.4, 0.5) is 0 Å². The van der Waals surface area contributed by atoms with Crippen molar-refractivity contribution in [1.29, 1.82) is 0 Å². The van der Waals surface area contributed by atoms with Crippen molar-refractivity contribution in [2.45, 2.75) is 30.8 Å². The normalized spacial score (nSPS) is 16.5. The molecule has 0 atom stereocenters. The SMILES string of the molecule is Cc1cccc(S(=O)(=O)N2CCC(Oc3cccc4cccnc34)CC2)c1. The van der Waals surface area contributed by atoms with Gasteiger partial charge in [0.15, 0.2) is 0 Å². The van der Waals surface area contributed by atoms with Crippen molar-refractivity contribution in [3.8, 4) is 5.75 Å². The minimum atomic E-state index is -3.45. The van der Waals surface area contributed by atoms with Crippen LogP contribution in [0, 0.1) is 6.92 Å². The Hall–Kier alpha value is -2.44. The maximum Gasteiger partial charge on any atom is 0.243 e. The molecule has 4 rings (SSSR count). The van der Waals surface area contributed by atoms with Gasteiger partial charge in [0.25, 0.3) is 0 Å². The smallest absolute Gasteiger partial charge is 0.243 e. The van der Waals surface area contributed by atoms with Crippen LogP contribution >= 0.6 is 0 Å². The molecule has 0 spiro atoms. The molecule has 0 amide bonds. The summed E-state index contributed by atoms with van der Waals surface area (Å²) in [5.74, 6) is 0.757. The quantitative estimate of drug-likeness (QED) is 0.689. The molecule has 0 saturated carbocycles. The van der Waals surface area contributed by atoms with Crippen LogP contribution in [0.1, 0.15) is 18.4 Å². The predicted molar refractivity (Wildman–Crippen MR) is 105 cm³/mol. The number of aromatic nitrogens is 1. The van der Waals surface area contributed by atoms with E-state index in [-0.39, 0.29) is 6.10 Å². The minimum absolute atomic E-state index is 0.0124. The number of hydrogen-bond donors (Lipinski definition) is 0. The summed E-state index contributed by atoms with van der Waals surface area (Å²) in [4.78, 5) is 4.78. The molecule has 5 nitrogen and oxygen atoms in total. The van der Waals surface area contributed by atoms with Gasteiger partial charge in [-0.1, -0.05) is 30.3 Å². The molecule has 1 saturated heterocycles. The van der Waals surface area contributed by atoms with Gasteiger partial charge in [-0.05, 0) is 49.6 Å². The van der Waals surface area contributed by atoms with E-state index >= 15 is 0 Å². The van der Waals surface area contributed by atoms with E-state index in [0.29, 0.717) is 30.8 Å². The van der Waals surface area contributed by atoms with Gasteiger partial charge in [0.1, 0.15) is 17.4 Å². The molecule has 27 heavy (non-hydrogen) atoms. The van der Waals surface area contributed by atoms with Gasteiger partial charge in [-0.2, -0.15) is 4.31 Å². The van der Waals surface area contributed by atoms with Gasteiger partial charge >= 0.3 is 0 Å². The van der Waals surface area contributed by atoms with E-state index in [1.165, 1.54) is 0 Å². The largest absolute Gasteiger partial charge is 0.488 e. The average Bonchev–Trinajstić information content (AvgIpc) is 2.69. The van der Waals surface area contributed by atoms with E-state index in [9.17, 15) is 8.42 Å². The maximum atomic E-state index is 12.9. The van der Waals surface area contributed by atoms with Crippen molar-refractivity contribution in [3.63, 3.8) is 0 Å². The monoisotopic (exact) mass is 382 g/mol. The van der Waals surface area contributed by atoms with Crippen LogP contribution in [0.2, 0.25) is 0 Å². The second-order valence-corrected chi connectivity index (χ2v) is 8.81. The molecule has 0 N–H and O–H groups in total. The standard InChI is InChI=1S/C21H22N2O3S/c1-16-5-2-8-19(15-16)27(24,25)23-13-10-18(11-14-23)26-20-9-3-6-17-7-4-12-22-21(17)20/h2-9,12,15,18H,10-11,13-14H2,1H3. The first-order valence-electron chi connectivity index (χ1n) is 9.11. The molecule has 0 bridgehead atoms. The van der Waals surface area contributed by atoms with E-state index < -0.39 is 10.0 Å². The molecule has 1 fully saturated rings. The van der Waals surface area contributed by atoms with Gasteiger partial charge in [-0.3, -0.25) is 4.98 Å².